The Bertz CT molecular complexity index is 789. The van der Waals surface area contributed by atoms with Crippen LogP contribution in [0.1, 0.15) is 70.9 Å². The second-order valence-corrected chi connectivity index (χ2v) is 9.58. The van der Waals surface area contributed by atoms with Gasteiger partial charge in [0.15, 0.2) is 0 Å². The summed E-state index contributed by atoms with van der Waals surface area (Å²) in [7, 11) is 0. The normalized spacial score (nSPS) is 23.1. The van der Waals surface area contributed by atoms with Gasteiger partial charge in [-0.1, -0.05) is 26.8 Å². The molecule has 1 aliphatic heterocycles. The number of fused-ring (bicyclic) bond motifs is 3. The van der Waals surface area contributed by atoms with E-state index in [0.29, 0.717) is 19.4 Å². The third-order valence-corrected chi connectivity index (χ3v) is 6.08. The number of carbonyl (C=O) groups is 1. The summed E-state index contributed by atoms with van der Waals surface area (Å²) < 4.78 is 6.36. The van der Waals surface area contributed by atoms with Crippen LogP contribution in [0.2, 0.25) is 0 Å². The minimum Gasteiger partial charge on any atom is -0.508 e. The number of hydrogen-bond acceptors (Lipinski definition) is 4. The summed E-state index contributed by atoms with van der Waals surface area (Å²) in [5.74, 6) is 1.15. The van der Waals surface area contributed by atoms with Gasteiger partial charge in [0.1, 0.15) is 17.1 Å². The van der Waals surface area contributed by atoms with Crippen molar-refractivity contribution in [2.75, 3.05) is 13.2 Å². The number of aliphatic hydroxyl groups excluding tert-OH is 1. The van der Waals surface area contributed by atoms with Crippen LogP contribution in [-0.4, -0.2) is 34.9 Å². The zero-order valence-corrected chi connectivity index (χ0v) is 17.6. The summed E-state index contributed by atoms with van der Waals surface area (Å²) in [5.41, 5.74) is 2.14. The standard InChI is InChI=1S/C23H33NO4/c1-22(2,3)15-12-18(26)20-16-11-14(21(27)24-9-6-10-25)7-8-17(16)23(4,5)28-19(20)13-15/h7,12-13,16-17,25-26H,6,8-11H2,1-5H3,(H,24,27)/t16?,17-/m1/s1. The number of amides is 1. The summed E-state index contributed by atoms with van der Waals surface area (Å²) in [6.07, 6.45) is 3.87. The molecule has 1 aromatic carbocycles. The lowest BCUT2D eigenvalue weighted by Gasteiger charge is -2.47. The van der Waals surface area contributed by atoms with E-state index >= 15 is 0 Å². The van der Waals surface area contributed by atoms with Crippen molar-refractivity contribution in [3.63, 3.8) is 0 Å². The molecule has 0 saturated heterocycles. The van der Waals surface area contributed by atoms with Crippen molar-refractivity contribution >= 4 is 5.91 Å². The van der Waals surface area contributed by atoms with Crippen LogP contribution in [0, 0.1) is 5.92 Å². The van der Waals surface area contributed by atoms with E-state index in [4.69, 9.17) is 9.84 Å². The SMILES string of the molecule is CC(C)(C)c1cc(O)c2c(c1)OC(C)(C)[C@@H]1CC=C(C(=O)NCCCO)CC21. The molecular formula is C23H33NO4. The smallest absolute Gasteiger partial charge is 0.246 e. The highest BCUT2D eigenvalue weighted by Crippen LogP contribution is 2.54. The average Bonchev–Trinajstić information content (AvgIpc) is 2.59. The van der Waals surface area contributed by atoms with Gasteiger partial charge in [0.2, 0.25) is 5.91 Å². The van der Waals surface area contributed by atoms with Gasteiger partial charge in [-0.15, -0.1) is 0 Å². The lowest BCUT2D eigenvalue weighted by molar-refractivity contribution is -0.118. The number of aliphatic hydroxyl groups is 1. The number of benzene rings is 1. The minimum atomic E-state index is -0.379. The monoisotopic (exact) mass is 387 g/mol. The van der Waals surface area contributed by atoms with Gasteiger partial charge in [-0.2, -0.15) is 0 Å². The van der Waals surface area contributed by atoms with Gasteiger partial charge >= 0.3 is 0 Å². The predicted molar refractivity (Wildman–Crippen MR) is 110 cm³/mol. The molecule has 1 amide bonds. The lowest BCUT2D eigenvalue weighted by Crippen LogP contribution is -2.46. The third kappa shape index (κ3) is 3.90. The maximum absolute atomic E-state index is 12.5. The Hall–Kier alpha value is -2.01. The Labute approximate surface area is 167 Å². The van der Waals surface area contributed by atoms with E-state index in [-0.39, 0.29) is 41.1 Å². The zero-order chi connectivity index (χ0) is 20.7. The van der Waals surface area contributed by atoms with Crippen molar-refractivity contribution in [2.24, 2.45) is 5.92 Å². The van der Waals surface area contributed by atoms with Crippen LogP contribution in [-0.2, 0) is 10.2 Å². The van der Waals surface area contributed by atoms with Gasteiger partial charge in [0, 0.05) is 36.1 Å². The van der Waals surface area contributed by atoms with Crippen LogP contribution in [0.5, 0.6) is 11.5 Å². The van der Waals surface area contributed by atoms with E-state index in [9.17, 15) is 9.90 Å². The van der Waals surface area contributed by atoms with Crippen molar-refractivity contribution in [3.8, 4) is 11.5 Å². The van der Waals surface area contributed by atoms with E-state index in [1.165, 1.54) is 0 Å². The van der Waals surface area contributed by atoms with Gasteiger partial charge in [0.05, 0.1) is 0 Å². The first kappa shape index (κ1) is 20.7. The molecule has 154 valence electrons. The number of rotatable bonds is 4. The van der Waals surface area contributed by atoms with E-state index in [0.717, 1.165) is 28.9 Å². The molecule has 3 N–H and O–H groups in total. The van der Waals surface area contributed by atoms with Crippen LogP contribution in [0.15, 0.2) is 23.8 Å². The molecule has 3 rings (SSSR count). The minimum absolute atomic E-state index is 0.0383. The van der Waals surface area contributed by atoms with Gasteiger partial charge in [-0.25, -0.2) is 0 Å². The quantitative estimate of drug-likeness (QED) is 0.687. The van der Waals surface area contributed by atoms with Gasteiger partial charge < -0.3 is 20.3 Å². The summed E-state index contributed by atoms with van der Waals surface area (Å²) in [6.45, 7) is 11.1. The zero-order valence-electron chi connectivity index (χ0n) is 17.6. The summed E-state index contributed by atoms with van der Waals surface area (Å²) in [5, 5.41) is 22.7. The van der Waals surface area contributed by atoms with Gasteiger partial charge in [-0.05, 0) is 56.2 Å². The molecule has 0 aromatic heterocycles. The third-order valence-electron chi connectivity index (χ3n) is 6.08. The van der Waals surface area contributed by atoms with Crippen molar-refractivity contribution in [1.82, 2.24) is 5.32 Å². The molecular weight excluding hydrogens is 354 g/mol. The predicted octanol–water partition coefficient (Wildman–Crippen LogP) is 3.78. The molecule has 0 bridgehead atoms. The van der Waals surface area contributed by atoms with Crippen LogP contribution < -0.4 is 10.1 Å². The highest BCUT2D eigenvalue weighted by molar-refractivity contribution is 5.93. The summed E-state index contributed by atoms with van der Waals surface area (Å²) in [4.78, 5) is 12.5. The number of hydrogen-bond donors (Lipinski definition) is 3. The molecule has 1 unspecified atom stereocenters. The van der Waals surface area contributed by atoms with Crippen LogP contribution >= 0.6 is 0 Å². The molecule has 0 saturated carbocycles. The number of ether oxygens (including phenoxy) is 1. The second kappa shape index (κ2) is 7.43. The maximum atomic E-state index is 12.5. The second-order valence-electron chi connectivity index (χ2n) is 9.58. The van der Waals surface area contributed by atoms with Crippen LogP contribution in [0.25, 0.3) is 0 Å². The van der Waals surface area contributed by atoms with Crippen molar-refractivity contribution in [1.29, 1.82) is 0 Å². The van der Waals surface area contributed by atoms with E-state index < -0.39 is 0 Å². The average molecular weight is 388 g/mol. The van der Waals surface area contributed by atoms with Crippen molar-refractivity contribution in [3.05, 3.63) is 34.9 Å². The number of allylic oxidation sites excluding steroid dienone is 1. The molecule has 0 spiro atoms. The highest BCUT2D eigenvalue weighted by atomic mass is 16.5. The first-order valence-corrected chi connectivity index (χ1v) is 10.2. The largest absolute Gasteiger partial charge is 0.508 e. The molecule has 0 fully saturated rings. The lowest BCUT2D eigenvalue weighted by atomic mass is 9.66. The number of carbonyl (C=O) groups excluding carboxylic acids is 1. The molecule has 2 aliphatic rings. The van der Waals surface area contributed by atoms with E-state index in [1.54, 1.807) is 0 Å². The molecule has 1 aromatic rings. The molecule has 2 atom stereocenters. The fraction of sp³-hybridized carbons (Fsp3) is 0.609. The first-order chi connectivity index (χ1) is 13.0. The fourth-order valence-corrected chi connectivity index (χ4v) is 4.41. The van der Waals surface area contributed by atoms with Crippen LogP contribution in [0.3, 0.4) is 0 Å². The maximum Gasteiger partial charge on any atom is 0.246 e. The van der Waals surface area contributed by atoms with Crippen LogP contribution in [0.4, 0.5) is 0 Å². The number of nitrogens with one attached hydrogen (secondary N) is 1. The Morgan fingerprint density at radius 2 is 2.04 bits per heavy atom. The molecule has 28 heavy (non-hydrogen) atoms. The Morgan fingerprint density at radius 3 is 2.68 bits per heavy atom. The summed E-state index contributed by atoms with van der Waals surface area (Å²) in [6, 6.07) is 3.89. The molecule has 0 radical (unpaired) electrons. The fourth-order valence-electron chi connectivity index (χ4n) is 4.41. The topological polar surface area (TPSA) is 78.8 Å². The van der Waals surface area contributed by atoms with Crippen molar-refractivity contribution in [2.45, 2.75) is 70.8 Å². The molecule has 5 heteroatoms. The van der Waals surface area contributed by atoms with Gasteiger partial charge in [0.25, 0.3) is 0 Å². The number of phenols is 1. The number of aromatic hydroxyl groups is 1. The highest BCUT2D eigenvalue weighted by Gasteiger charge is 2.47. The Kier molecular flexibility index (Phi) is 5.50. The molecule has 1 aliphatic carbocycles. The first-order valence-electron chi connectivity index (χ1n) is 10.2. The summed E-state index contributed by atoms with van der Waals surface area (Å²) >= 11 is 0. The van der Waals surface area contributed by atoms with E-state index in [2.05, 4.69) is 39.9 Å². The van der Waals surface area contributed by atoms with Gasteiger partial charge in [-0.3, -0.25) is 4.79 Å². The number of phenolic OH excluding ortho intramolecular Hbond substituents is 1. The Balaban J connectivity index is 1.95. The Morgan fingerprint density at radius 1 is 1.32 bits per heavy atom. The molecule has 5 nitrogen and oxygen atoms in total. The van der Waals surface area contributed by atoms with E-state index in [1.807, 2.05) is 18.2 Å². The molecule has 1 heterocycles. The van der Waals surface area contributed by atoms with Crippen molar-refractivity contribution < 1.29 is 19.7 Å².